The lowest BCUT2D eigenvalue weighted by molar-refractivity contribution is -0.177. The van der Waals surface area contributed by atoms with Crippen molar-refractivity contribution in [1.29, 1.82) is 0 Å². The highest BCUT2D eigenvalue weighted by molar-refractivity contribution is 5.67. The molecule has 4 heteroatoms. The smallest absolute Gasteiger partial charge is 0.303 e. The molecule has 0 saturated heterocycles. The molecule has 4 nitrogen and oxygen atoms in total. The van der Waals surface area contributed by atoms with Crippen LogP contribution >= 0.6 is 0 Å². The number of fused-ring (bicyclic) bond motifs is 5. The molecule has 0 spiro atoms. The van der Waals surface area contributed by atoms with Gasteiger partial charge in [-0.25, -0.2) is 0 Å². The van der Waals surface area contributed by atoms with Gasteiger partial charge in [0.25, 0.3) is 0 Å². The molecule has 3 fully saturated rings. The lowest BCUT2D eigenvalue weighted by Crippen LogP contribution is -2.54. The van der Waals surface area contributed by atoms with E-state index in [-0.39, 0.29) is 34.5 Å². The number of rotatable bonds is 2. The van der Waals surface area contributed by atoms with Gasteiger partial charge in [0, 0.05) is 25.7 Å². The minimum absolute atomic E-state index is 0.0565. The molecule has 4 aliphatic rings. The monoisotopic (exact) mass is 388 g/mol. The first kappa shape index (κ1) is 20.0. The van der Waals surface area contributed by atoms with Crippen molar-refractivity contribution in [2.45, 2.75) is 97.7 Å². The van der Waals surface area contributed by atoms with E-state index in [4.69, 9.17) is 9.47 Å². The fourth-order valence-electron chi connectivity index (χ4n) is 7.67. The van der Waals surface area contributed by atoms with E-state index in [9.17, 15) is 9.59 Å². The van der Waals surface area contributed by atoms with E-state index in [0.29, 0.717) is 17.8 Å². The van der Waals surface area contributed by atoms with Gasteiger partial charge in [-0.15, -0.1) is 0 Å². The standard InChI is InChI=1S/C24H36O4/c1-15(25)27-18-8-11-22(3)17(14-18)6-7-19-20(22)9-12-23(4)21(19)10-13-24(23,5)28-16(2)26/h6,18-21H,7-14H2,1-5H3/t18?,19-,20-,21+,22+,23+,24?/m1/s1. The number of esters is 2. The van der Waals surface area contributed by atoms with Crippen LogP contribution in [-0.2, 0) is 19.1 Å². The largest absolute Gasteiger partial charge is 0.462 e. The highest BCUT2D eigenvalue weighted by Crippen LogP contribution is 2.67. The predicted molar refractivity (Wildman–Crippen MR) is 107 cm³/mol. The van der Waals surface area contributed by atoms with Crippen LogP contribution in [0, 0.1) is 28.6 Å². The Balaban J connectivity index is 1.59. The normalized spacial score (nSPS) is 47.2. The number of hydrogen-bond acceptors (Lipinski definition) is 4. The van der Waals surface area contributed by atoms with E-state index in [1.54, 1.807) is 6.92 Å². The Labute approximate surface area is 169 Å². The van der Waals surface area contributed by atoms with E-state index < -0.39 is 0 Å². The number of carbonyl (C=O) groups is 2. The zero-order chi connectivity index (χ0) is 20.3. The van der Waals surface area contributed by atoms with Crippen LogP contribution in [-0.4, -0.2) is 23.6 Å². The maximum absolute atomic E-state index is 11.8. The van der Waals surface area contributed by atoms with Crippen molar-refractivity contribution in [3.63, 3.8) is 0 Å². The first-order valence-electron chi connectivity index (χ1n) is 11.2. The summed E-state index contributed by atoms with van der Waals surface area (Å²) in [6.45, 7) is 10.1. The maximum atomic E-state index is 11.8. The highest BCUT2D eigenvalue weighted by atomic mass is 16.6. The molecular weight excluding hydrogens is 352 g/mol. The average molecular weight is 389 g/mol. The quantitative estimate of drug-likeness (QED) is 0.482. The number of ether oxygens (including phenoxy) is 2. The molecule has 28 heavy (non-hydrogen) atoms. The summed E-state index contributed by atoms with van der Waals surface area (Å²) in [5, 5.41) is 0. The minimum atomic E-state index is -0.327. The fraction of sp³-hybridized carbons (Fsp3) is 0.833. The molecule has 0 aliphatic heterocycles. The molecule has 156 valence electrons. The summed E-state index contributed by atoms with van der Waals surface area (Å²) in [4.78, 5) is 23.2. The summed E-state index contributed by atoms with van der Waals surface area (Å²) in [6, 6.07) is 0. The van der Waals surface area contributed by atoms with Crippen LogP contribution in [0.4, 0.5) is 0 Å². The molecule has 2 unspecified atom stereocenters. The Hall–Kier alpha value is -1.32. The van der Waals surface area contributed by atoms with E-state index in [0.717, 1.165) is 44.9 Å². The zero-order valence-electron chi connectivity index (χ0n) is 18.2. The Bertz CT molecular complexity index is 711. The van der Waals surface area contributed by atoms with Gasteiger partial charge in [0.2, 0.25) is 0 Å². The first-order chi connectivity index (χ1) is 13.1. The molecule has 4 aliphatic carbocycles. The van der Waals surface area contributed by atoms with Gasteiger partial charge in [-0.2, -0.15) is 0 Å². The van der Waals surface area contributed by atoms with Crippen LogP contribution in [0.5, 0.6) is 0 Å². The average Bonchev–Trinajstić information content (AvgIpc) is 2.85. The van der Waals surface area contributed by atoms with Crippen LogP contribution in [0.25, 0.3) is 0 Å². The van der Waals surface area contributed by atoms with Crippen LogP contribution in [0.2, 0.25) is 0 Å². The summed E-state index contributed by atoms with van der Waals surface area (Å²) in [5.74, 6) is 1.69. The van der Waals surface area contributed by atoms with Gasteiger partial charge < -0.3 is 9.47 Å². The van der Waals surface area contributed by atoms with Crippen molar-refractivity contribution >= 4 is 11.9 Å². The van der Waals surface area contributed by atoms with E-state index >= 15 is 0 Å². The van der Waals surface area contributed by atoms with Crippen molar-refractivity contribution < 1.29 is 19.1 Å². The second-order valence-corrected chi connectivity index (χ2v) is 10.6. The zero-order valence-corrected chi connectivity index (χ0v) is 18.2. The van der Waals surface area contributed by atoms with Crippen molar-refractivity contribution in [2.24, 2.45) is 28.6 Å². The number of allylic oxidation sites excluding steroid dienone is 1. The van der Waals surface area contributed by atoms with E-state index in [2.05, 4.69) is 26.8 Å². The molecule has 3 saturated carbocycles. The molecule has 0 heterocycles. The van der Waals surface area contributed by atoms with Crippen LogP contribution in [0.1, 0.15) is 86.0 Å². The van der Waals surface area contributed by atoms with Gasteiger partial charge in [-0.05, 0) is 75.0 Å². The van der Waals surface area contributed by atoms with Crippen molar-refractivity contribution in [3.8, 4) is 0 Å². The number of carbonyl (C=O) groups excluding carboxylic acids is 2. The van der Waals surface area contributed by atoms with Crippen LogP contribution in [0.3, 0.4) is 0 Å². The molecule has 0 N–H and O–H groups in total. The fourth-order valence-corrected chi connectivity index (χ4v) is 7.67. The number of hydrogen-bond donors (Lipinski definition) is 0. The maximum Gasteiger partial charge on any atom is 0.303 e. The molecule has 0 aromatic heterocycles. The van der Waals surface area contributed by atoms with Gasteiger partial charge in [-0.1, -0.05) is 25.5 Å². The Morgan fingerprint density at radius 3 is 2.36 bits per heavy atom. The second-order valence-electron chi connectivity index (χ2n) is 10.6. The van der Waals surface area contributed by atoms with Gasteiger partial charge in [0.15, 0.2) is 0 Å². The molecule has 0 aromatic carbocycles. The Morgan fingerprint density at radius 2 is 1.68 bits per heavy atom. The predicted octanol–water partition coefficient (Wildman–Crippen LogP) is 5.20. The highest BCUT2D eigenvalue weighted by Gasteiger charge is 2.64. The summed E-state index contributed by atoms with van der Waals surface area (Å²) in [5.41, 5.74) is 1.51. The van der Waals surface area contributed by atoms with Gasteiger partial charge in [-0.3, -0.25) is 9.59 Å². The van der Waals surface area contributed by atoms with Crippen molar-refractivity contribution in [3.05, 3.63) is 11.6 Å². The summed E-state index contributed by atoms with van der Waals surface area (Å²) < 4.78 is 11.5. The summed E-state index contributed by atoms with van der Waals surface area (Å²) in [6.07, 6.45) is 11.2. The third-order valence-electron chi connectivity index (χ3n) is 9.29. The molecule has 0 bridgehead atoms. The molecular formula is C24H36O4. The SMILES string of the molecule is CC(=O)OC1CC[C@@]2(C)C(=CC[C@@H]3[C@H]2CC[C@@]2(C)[C@H]3CCC2(C)OC(C)=O)C1. The van der Waals surface area contributed by atoms with E-state index in [1.165, 1.54) is 18.9 Å². The lowest BCUT2D eigenvalue weighted by Gasteiger charge is -2.59. The molecule has 4 rings (SSSR count). The van der Waals surface area contributed by atoms with E-state index in [1.807, 2.05) is 0 Å². The Morgan fingerprint density at radius 1 is 0.964 bits per heavy atom. The molecule has 7 atom stereocenters. The molecule has 0 amide bonds. The van der Waals surface area contributed by atoms with Crippen molar-refractivity contribution in [1.82, 2.24) is 0 Å². The summed E-state index contributed by atoms with van der Waals surface area (Å²) >= 11 is 0. The first-order valence-corrected chi connectivity index (χ1v) is 11.2. The van der Waals surface area contributed by atoms with Gasteiger partial charge >= 0.3 is 11.9 Å². The van der Waals surface area contributed by atoms with Crippen LogP contribution < -0.4 is 0 Å². The molecule has 0 radical (unpaired) electrons. The molecule has 0 aromatic rings. The topological polar surface area (TPSA) is 52.6 Å². The lowest BCUT2D eigenvalue weighted by atomic mass is 9.47. The summed E-state index contributed by atoms with van der Waals surface area (Å²) in [7, 11) is 0. The van der Waals surface area contributed by atoms with Crippen molar-refractivity contribution in [2.75, 3.05) is 0 Å². The third kappa shape index (κ3) is 2.85. The minimum Gasteiger partial charge on any atom is -0.462 e. The van der Waals surface area contributed by atoms with Gasteiger partial charge in [0.1, 0.15) is 11.7 Å². The Kier molecular flexibility index (Phi) is 4.71. The van der Waals surface area contributed by atoms with Crippen LogP contribution in [0.15, 0.2) is 11.6 Å². The third-order valence-corrected chi connectivity index (χ3v) is 9.29. The van der Waals surface area contributed by atoms with Gasteiger partial charge in [0.05, 0.1) is 0 Å². The second kappa shape index (κ2) is 6.60.